The van der Waals surface area contributed by atoms with Crippen molar-refractivity contribution in [2.45, 2.75) is 5.60 Å². The molecule has 2 aliphatic heterocycles. The zero-order valence-corrected chi connectivity index (χ0v) is 14.5. The molecule has 2 aliphatic rings. The van der Waals surface area contributed by atoms with Crippen molar-refractivity contribution in [2.24, 2.45) is 0 Å². The van der Waals surface area contributed by atoms with Crippen LogP contribution in [-0.2, 0) is 10.3 Å². The molecule has 3 aromatic carbocycles. The SMILES string of the molecule is CN(C)c1cccc2c1C(=O)OC21c2ccccc2Oc2ccccc21. The summed E-state index contributed by atoms with van der Waals surface area (Å²) in [4.78, 5) is 14.9. The van der Waals surface area contributed by atoms with Crippen LogP contribution in [0.3, 0.4) is 0 Å². The van der Waals surface area contributed by atoms with Crippen LogP contribution in [0, 0.1) is 0 Å². The Balaban J connectivity index is 1.91. The van der Waals surface area contributed by atoms with Crippen molar-refractivity contribution in [3.63, 3.8) is 0 Å². The van der Waals surface area contributed by atoms with E-state index in [2.05, 4.69) is 0 Å². The molecule has 26 heavy (non-hydrogen) atoms. The predicted octanol–water partition coefficient (Wildman–Crippen LogP) is 4.32. The summed E-state index contributed by atoms with van der Waals surface area (Å²) < 4.78 is 12.2. The van der Waals surface area contributed by atoms with Crippen molar-refractivity contribution in [3.05, 3.63) is 89.0 Å². The zero-order chi connectivity index (χ0) is 17.9. The Morgan fingerprint density at radius 2 is 1.35 bits per heavy atom. The molecule has 128 valence electrons. The summed E-state index contributed by atoms with van der Waals surface area (Å²) >= 11 is 0. The summed E-state index contributed by atoms with van der Waals surface area (Å²) in [5, 5.41) is 0. The molecule has 0 amide bonds. The van der Waals surface area contributed by atoms with Gasteiger partial charge in [0.25, 0.3) is 0 Å². The van der Waals surface area contributed by atoms with Crippen LogP contribution in [0.15, 0.2) is 66.7 Å². The Labute approximate surface area is 151 Å². The van der Waals surface area contributed by atoms with Crippen molar-refractivity contribution >= 4 is 11.7 Å². The topological polar surface area (TPSA) is 38.8 Å². The number of para-hydroxylation sites is 2. The van der Waals surface area contributed by atoms with E-state index >= 15 is 0 Å². The number of benzene rings is 3. The molecule has 0 saturated carbocycles. The molecule has 0 atom stereocenters. The van der Waals surface area contributed by atoms with Gasteiger partial charge in [0.2, 0.25) is 0 Å². The lowest BCUT2D eigenvalue weighted by Gasteiger charge is -2.36. The number of anilines is 1. The molecule has 0 fully saturated rings. The zero-order valence-electron chi connectivity index (χ0n) is 14.5. The van der Waals surface area contributed by atoms with Crippen LogP contribution in [0.5, 0.6) is 11.5 Å². The molecular weight excluding hydrogens is 326 g/mol. The Kier molecular flexibility index (Phi) is 2.95. The number of hydrogen-bond donors (Lipinski definition) is 0. The normalized spacial score (nSPS) is 15.5. The van der Waals surface area contributed by atoms with Crippen molar-refractivity contribution in [2.75, 3.05) is 19.0 Å². The maximum atomic E-state index is 13.0. The Morgan fingerprint density at radius 3 is 1.96 bits per heavy atom. The molecule has 5 rings (SSSR count). The molecule has 2 heterocycles. The maximum Gasteiger partial charge on any atom is 0.342 e. The van der Waals surface area contributed by atoms with Crippen LogP contribution >= 0.6 is 0 Å². The van der Waals surface area contributed by atoms with Crippen LogP contribution in [0.2, 0.25) is 0 Å². The van der Waals surface area contributed by atoms with Crippen molar-refractivity contribution in [1.82, 2.24) is 0 Å². The predicted molar refractivity (Wildman–Crippen MR) is 99.0 cm³/mol. The molecule has 4 nitrogen and oxygen atoms in total. The number of fused-ring (bicyclic) bond motifs is 6. The van der Waals surface area contributed by atoms with E-state index in [0.717, 1.165) is 22.4 Å². The highest BCUT2D eigenvalue weighted by Crippen LogP contribution is 2.56. The smallest absolute Gasteiger partial charge is 0.342 e. The maximum absolute atomic E-state index is 13.0. The van der Waals surface area contributed by atoms with Gasteiger partial charge in [-0.25, -0.2) is 4.79 Å². The quantitative estimate of drug-likeness (QED) is 0.617. The van der Waals surface area contributed by atoms with E-state index in [9.17, 15) is 4.79 Å². The fourth-order valence-corrected chi connectivity index (χ4v) is 4.02. The molecule has 1 spiro atoms. The third kappa shape index (κ3) is 1.76. The van der Waals surface area contributed by atoms with E-state index in [1.165, 1.54) is 0 Å². The first-order chi connectivity index (χ1) is 12.6. The van der Waals surface area contributed by atoms with Gasteiger partial charge < -0.3 is 14.4 Å². The van der Waals surface area contributed by atoms with Crippen molar-refractivity contribution in [1.29, 1.82) is 0 Å². The van der Waals surface area contributed by atoms with Gasteiger partial charge >= 0.3 is 5.97 Å². The third-order valence-electron chi connectivity index (χ3n) is 5.11. The van der Waals surface area contributed by atoms with Gasteiger partial charge in [-0.1, -0.05) is 48.5 Å². The van der Waals surface area contributed by atoms with E-state index < -0.39 is 5.60 Å². The monoisotopic (exact) mass is 343 g/mol. The Bertz CT molecular complexity index is 1010. The van der Waals surface area contributed by atoms with Gasteiger partial charge in [-0.2, -0.15) is 0 Å². The van der Waals surface area contributed by atoms with Crippen molar-refractivity contribution < 1.29 is 14.3 Å². The lowest BCUT2D eigenvalue weighted by Crippen LogP contribution is -2.32. The molecule has 0 aliphatic carbocycles. The van der Waals surface area contributed by atoms with Crippen LogP contribution in [0.1, 0.15) is 27.0 Å². The van der Waals surface area contributed by atoms with Gasteiger partial charge in [0, 0.05) is 30.8 Å². The first-order valence-corrected chi connectivity index (χ1v) is 8.54. The number of ether oxygens (including phenoxy) is 2. The summed E-state index contributed by atoms with van der Waals surface area (Å²) in [6.45, 7) is 0. The van der Waals surface area contributed by atoms with E-state index in [4.69, 9.17) is 9.47 Å². The summed E-state index contributed by atoms with van der Waals surface area (Å²) in [7, 11) is 3.86. The van der Waals surface area contributed by atoms with E-state index in [1.807, 2.05) is 85.7 Å². The fraction of sp³-hybridized carbons (Fsp3) is 0.136. The third-order valence-corrected chi connectivity index (χ3v) is 5.11. The molecule has 0 unspecified atom stereocenters. The largest absolute Gasteiger partial charge is 0.456 e. The molecule has 4 heteroatoms. The summed E-state index contributed by atoms with van der Waals surface area (Å²) in [6, 6.07) is 21.4. The highest BCUT2D eigenvalue weighted by Gasteiger charge is 2.54. The van der Waals surface area contributed by atoms with Gasteiger partial charge in [-0.15, -0.1) is 0 Å². The molecule has 0 N–H and O–H groups in total. The fourth-order valence-electron chi connectivity index (χ4n) is 4.02. The number of hydrogen-bond acceptors (Lipinski definition) is 4. The molecule has 0 aromatic heterocycles. The van der Waals surface area contributed by atoms with Crippen LogP contribution in [0.25, 0.3) is 0 Å². The van der Waals surface area contributed by atoms with Crippen LogP contribution in [0.4, 0.5) is 5.69 Å². The second-order valence-electron chi connectivity index (χ2n) is 6.76. The minimum Gasteiger partial charge on any atom is -0.456 e. The van der Waals surface area contributed by atoms with Gasteiger partial charge in [0.1, 0.15) is 11.5 Å². The van der Waals surface area contributed by atoms with E-state index in [-0.39, 0.29) is 5.97 Å². The van der Waals surface area contributed by atoms with Crippen LogP contribution < -0.4 is 9.64 Å². The minimum atomic E-state index is -0.982. The molecule has 3 aromatic rings. The van der Waals surface area contributed by atoms with Gasteiger partial charge in [-0.3, -0.25) is 0 Å². The molecule has 0 saturated heterocycles. The van der Waals surface area contributed by atoms with Crippen LogP contribution in [-0.4, -0.2) is 20.1 Å². The lowest BCUT2D eigenvalue weighted by atomic mass is 9.77. The van der Waals surface area contributed by atoms with Gasteiger partial charge in [-0.05, 0) is 18.2 Å². The number of esters is 1. The first-order valence-electron chi connectivity index (χ1n) is 8.54. The second-order valence-corrected chi connectivity index (χ2v) is 6.76. The van der Waals surface area contributed by atoms with E-state index in [1.54, 1.807) is 0 Å². The molecule has 0 radical (unpaired) electrons. The first kappa shape index (κ1) is 15.0. The van der Waals surface area contributed by atoms with Crippen molar-refractivity contribution in [3.8, 4) is 11.5 Å². The number of rotatable bonds is 1. The van der Waals surface area contributed by atoms with Gasteiger partial charge in [0.05, 0.1) is 11.3 Å². The molecular formula is C22H17NO3. The standard InChI is InChI=1S/C22H17NO3/c1-23(2)17-11-7-10-16-20(17)21(24)26-22(16)14-8-3-5-12-18(14)25-19-13-6-4-9-15(19)22/h3-13H,1-2H3. The minimum absolute atomic E-state index is 0.309. The highest BCUT2D eigenvalue weighted by atomic mass is 16.6. The average molecular weight is 343 g/mol. The Morgan fingerprint density at radius 1 is 0.769 bits per heavy atom. The summed E-state index contributed by atoms with van der Waals surface area (Å²) in [6.07, 6.45) is 0. The second kappa shape index (κ2) is 5.11. The lowest BCUT2D eigenvalue weighted by molar-refractivity contribution is 0.0224. The van der Waals surface area contributed by atoms with Gasteiger partial charge in [0.15, 0.2) is 5.60 Å². The Hall–Kier alpha value is -3.27. The number of nitrogens with zero attached hydrogens (tertiary/aromatic N) is 1. The summed E-state index contributed by atoms with van der Waals surface area (Å²) in [5.74, 6) is 1.11. The molecule has 0 bridgehead atoms. The number of carbonyl (C=O) groups is 1. The highest BCUT2D eigenvalue weighted by molar-refractivity contribution is 6.02. The number of carbonyl (C=O) groups excluding carboxylic acids is 1. The van der Waals surface area contributed by atoms with E-state index in [0.29, 0.717) is 17.1 Å². The summed E-state index contributed by atoms with van der Waals surface area (Å²) in [5.41, 5.74) is 3.04. The average Bonchev–Trinajstić information content (AvgIpc) is 2.96.